The van der Waals surface area contributed by atoms with E-state index in [4.69, 9.17) is 9.47 Å². The van der Waals surface area contributed by atoms with E-state index >= 15 is 0 Å². The summed E-state index contributed by atoms with van der Waals surface area (Å²) in [5.74, 6) is 1.60. The summed E-state index contributed by atoms with van der Waals surface area (Å²) in [6, 6.07) is 15.4. The van der Waals surface area contributed by atoms with Crippen molar-refractivity contribution in [2.45, 2.75) is 26.3 Å². The normalized spacial score (nSPS) is 10.8. The summed E-state index contributed by atoms with van der Waals surface area (Å²) in [5, 5.41) is 9.96. The molecule has 3 aromatic rings. The van der Waals surface area contributed by atoms with E-state index in [2.05, 4.69) is 41.5 Å². The lowest BCUT2D eigenvalue weighted by atomic mass is 10.0. The molecule has 0 radical (unpaired) electrons. The molecule has 2 aromatic carbocycles. The van der Waals surface area contributed by atoms with E-state index in [9.17, 15) is 4.79 Å². The van der Waals surface area contributed by atoms with Gasteiger partial charge in [0, 0.05) is 18.2 Å². The molecular weight excluding hydrogens is 354 g/mol. The third-order valence-corrected chi connectivity index (χ3v) is 4.61. The molecule has 6 nitrogen and oxygen atoms in total. The molecule has 0 spiro atoms. The van der Waals surface area contributed by atoms with Crippen molar-refractivity contribution in [2.24, 2.45) is 0 Å². The van der Waals surface area contributed by atoms with Crippen LogP contribution in [-0.2, 0) is 6.54 Å². The number of carbonyl (C=O) groups is 1. The Morgan fingerprint density at radius 2 is 1.82 bits per heavy atom. The number of aromatic nitrogens is 2. The maximum Gasteiger partial charge on any atom is 0.269 e. The van der Waals surface area contributed by atoms with Crippen LogP contribution in [0.2, 0.25) is 0 Å². The summed E-state index contributed by atoms with van der Waals surface area (Å²) in [4.78, 5) is 12.5. The zero-order chi connectivity index (χ0) is 20.1. The standard InChI is InChI=1S/C22H25N3O3/c1-14(2)16-7-5-15(6-8-16)13-23-22(26)20-12-19(24-25-20)18-10-9-17(27-3)11-21(18)28-4/h5-12,14H,13H2,1-4H3,(H,23,26)(H,24,25). The molecule has 0 aliphatic carbocycles. The van der Waals surface area contributed by atoms with E-state index in [1.165, 1.54) is 5.56 Å². The van der Waals surface area contributed by atoms with Gasteiger partial charge < -0.3 is 14.8 Å². The maximum absolute atomic E-state index is 12.5. The number of benzene rings is 2. The van der Waals surface area contributed by atoms with Crippen LogP contribution in [0, 0.1) is 0 Å². The number of carbonyl (C=O) groups excluding carboxylic acids is 1. The number of amides is 1. The number of rotatable bonds is 7. The predicted molar refractivity (Wildman–Crippen MR) is 109 cm³/mol. The molecule has 1 heterocycles. The first-order valence-corrected chi connectivity index (χ1v) is 9.16. The lowest BCUT2D eigenvalue weighted by molar-refractivity contribution is 0.0946. The largest absolute Gasteiger partial charge is 0.497 e. The summed E-state index contributed by atoms with van der Waals surface area (Å²) >= 11 is 0. The first-order chi connectivity index (χ1) is 13.5. The number of nitrogens with zero attached hydrogens (tertiary/aromatic N) is 1. The summed E-state index contributed by atoms with van der Waals surface area (Å²) in [7, 11) is 3.19. The molecule has 6 heteroatoms. The average Bonchev–Trinajstić information content (AvgIpc) is 3.21. The van der Waals surface area contributed by atoms with Gasteiger partial charge in [-0.25, -0.2) is 0 Å². The van der Waals surface area contributed by atoms with Crippen LogP contribution in [0.1, 0.15) is 41.4 Å². The molecular formula is C22H25N3O3. The molecule has 0 bridgehead atoms. The monoisotopic (exact) mass is 379 g/mol. The summed E-state index contributed by atoms with van der Waals surface area (Å²) in [6.07, 6.45) is 0. The lowest BCUT2D eigenvalue weighted by Gasteiger charge is -2.08. The maximum atomic E-state index is 12.5. The Balaban J connectivity index is 1.69. The molecule has 3 rings (SSSR count). The van der Waals surface area contributed by atoms with Crippen molar-refractivity contribution < 1.29 is 14.3 Å². The fraction of sp³-hybridized carbons (Fsp3) is 0.273. The summed E-state index contributed by atoms with van der Waals surface area (Å²) < 4.78 is 10.6. The minimum Gasteiger partial charge on any atom is -0.497 e. The topological polar surface area (TPSA) is 76.2 Å². The number of ether oxygens (including phenoxy) is 2. The fourth-order valence-corrected chi connectivity index (χ4v) is 2.88. The second kappa shape index (κ2) is 8.61. The van der Waals surface area contributed by atoms with Crippen LogP contribution in [0.3, 0.4) is 0 Å². The van der Waals surface area contributed by atoms with Crippen molar-refractivity contribution in [3.63, 3.8) is 0 Å². The van der Waals surface area contributed by atoms with Crippen molar-refractivity contribution in [1.82, 2.24) is 15.5 Å². The van der Waals surface area contributed by atoms with Crippen molar-refractivity contribution in [3.05, 3.63) is 65.4 Å². The Morgan fingerprint density at radius 1 is 1.07 bits per heavy atom. The molecule has 0 aliphatic heterocycles. The van der Waals surface area contributed by atoms with E-state index in [1.807, 2.05) is 24.3 Å². The van der Waals surface area contributed by atoms with E-state index in [1.54, 1.807) is 26.4 Å². The van der Waals surface area contributed by atoms with Crippen LogP contribution < -0.4 is 14.8 Å². The van der Waals surface area contributed by atoms with Crippen LogP contribution in [-0.4, -0.2) is 30.3 Å². The van der Waals surface area contributed by atoms with E-state index in [0.29, 0.717) is 35.3 Å². The molecule has 0 saturated carbocycles. The molecule has 1 aromatic heterocycles. The molecule has 2 N–H and O–H groups in total. The summed E-state index contributed by atoms with van der Waals surface area (Å²) in [6.45, 7) is 4.77. The molecule has 0 fully saturated rings. The average molecular weight is 379 g/mol. The quantitative estimate of drug-likeness (QED) is 0.647. The van der Waals surface area contributed by atoms with Crippen LogP contribution in [0.4, 0.5) is 0 Å². The fourth-order valence-electron chi connectivity index (χ4n) is 2.88. The molecule has 0 atom stereocenters. The number of nitrogens with one attached hydrogen (secondary N) is 2. The van der Waals surface area contributed by atoms with Crippen molar-refractivity contribution in [1.29, 1.82) is 0 Å². The number of hydrogen-bond acceptors (Lipinski definition) is 4. The molecule has 1 amide bonds. The second-order valence-corrected chi connectivity index (χ2v) is 6.81. The van der Waals surface area contributed by atoms with Crippen molar-refractivity contribution in [2.75, 3.05) is 14.2 Å². The van der Waals surface area contributed by atoms with E-state index in [-0.39, 0.29) is 5.91 Å². The molecule has 28 heavy (non-hydrogen) atoms. The van der Waals surface area contributed by atoms with Gasteiger partial charge in [-0.15, -0.1) is 0 Å². The minimum atomic E-state index is -0.209. The van der Waals surface area contributed by atoms with Gasteiger partial charge in [0.05, 0.1) is 19.9 Å². The van der Waals surface area contributed by atoms with Gasteiger partial charge in [-0.2, -0.15) is 5.10 Å². The van der Waals surface area contributed by atoms with Crippen LogP contribution >= 0.6 is 0 Å². The van der Waals surface area contributed by atoms with Gasteiger partial charge in [-0.1, -0.05) is 38.1 Å². The Bertz CT molecular complexity index is 946. The van der Waals surface area contributed by atoms with Gasteiger partial charge >= 0.3 is 0 Å². The highest BCUT2D eigenvalue weighted by molar-refractivity contribution is 5.93. The van der Waals surface area contributed by atoms with Gasteiger partial charge in [0.1, 0.15) is 17.2 Å². The Kier molecular flexibility index (Phi) is 5.99. The SMILES string of the molecule is COc1ccc(-c2cc(C(=O)NCc3ccc(C(C)C)cc3)[nH]n2)c(OC)c1. The third kappa shape index (κ3) is 4.34. The number of H-pyrrole nitrogens is 1. The Labute approximate surface area is 164 Å². The van der Waals surface area contributed by atoms with Gasteiger partial charge in [0.25, 0.3) is 5.91 Å². The van der Waals surface area contributed by atoms with Gasteiger partial charge in [0.2, 0.25) is 0 Å². The summed E-state index contributed by atoms with van der Waals surface area (Å²) in [5.41, 5.74) is 4.14. The van der Waals surface area contributed by atoms with Gasteiger partial charge in [-0.3, -0.25) is 9.89 Å². The number of hydrogen-bond donors (Lipinski definition) is 2. The first kappa shape index (κ1) is 19.5. The van der Waals surface area contributed by atoms with Crippen LogP contribution in [0.25, 0.3) is 11.3 Å². The first-order valence-electron chi connectivity index (χ1n) is 9.16. The van der Waals surface area contributed by atoms with Crippen molar-refractivity contribution in [3.8, 4) is 22.8 Å². The third-order valence-electron chi connectivity index (χ3n) is 4.61. The molecule has 0 aliphatic rings. The van der Waals surface area contributed by atoms with Crippen molar-refractivity contribution >= 4 is 5.91 Å². The Hall–Kier alpha value is -3.28. The number of aromatic amines is 1. The molecule has 146 valence electrons. The van der Waals surface area contributed by atoms with Gasteiger partial charge in [0.15, 0.2) is 0 Å². The highest BCUT2D eigenvalue weighted by Gasteiger charge is 2.14. The zero-order valence-electron chi connectivity index (χ0n) is 16.6. The zero-order valence-corrected chi connectivity index (χ0v) is 16.6. The number of methoxy groups -OCH3 is 2. The highest BCUT2D eigenvalue weighted by atomic mass is 16.5. The highest BCUT2D eigenvalue weighted by Crippen LogP contribution is 2.32. The predicted octanol–water partition coefficient (Wildman–Crippen LogP) is 4.15. The Morgan fingerprint density at radius 3 is 2.46 bits per heavy atom. The van der Waals surface area contributed by atoms with E-state index < -0.39 is 0 Å². The van der Waals surface area contributed by atoms with Crippen LogP contribution in [0.5, 0.6) is 11.5 Å². The van der Waals surface area contributed by atoms with Gasteiger partial charge in [-0.05, 0) is 35.2 Å². The minimum absolute atomic E-state index is 0.209. The lowest BCUT2D eigenvalue weighted by Crippen LogP contribution is -2.23. The van der Waals surface area contributed by atoms with E-state index in [0.717, 1.165) is 11.1 Å². The molecule has 0 saturated heterocycles. The van der Waals surface area contributed by atoms with Crippen LogP contribution in [0.15, 0.2) is 48.5 Å². The second-order valence-electron chi connectivity index (χ2n) is 6.81. The smallest absolute Gasteiger partial charge is 0.269 e. The molecule has 0 unspecified atom stereocenters.